The molecule has 0 saturated carbocycles. The number of hydrogen-bond donors (Lipinski definition) is 2. The van der Waals surface area contributed by atoms with E-state index in [0.29, 0.717) is 6.07 Å². The van der Waals surface area contributed by atoms with Gasteiger partial charge in [0.1, 0.15) is 11.6 Å². The maximum Gasteiger partial charge on any atom is 0.419 e. The number of aromatic nitrogens is 4. The third-order valence-corrected chi connectivity index (χ3v) is 5.86. The van der Waals surface area contributed by atoms with E-state index in [2.05, 4.69) is 20.5 Å². The van der Waals surface area contributed by atoms with E-state index in [-0.39, 0.29) is 28.2 Å². The Morgan fingerprint density at radius 3 is 2.32 bits per heavy atom. The summed E-state index contributed by atoms with van der Waals surface area (Å²) < 4.78 is 101. The molecule has 1 aliphatic rings. The molecule has 5 rings (SSSR count). The van der Waals surface area contributed by atoms with Crippen LogP contribution in [0.25, 0.3) is 27.7 Å². The predicted octanol–water partition coefficient (Wildman–Crippen LogP) is 6.56. The second-order valence-electron chi connectivity index (χ2n) is 8.62. The molecule has 2 aromatic heterocycles. The Balaban J connectivity index is 1.96. The summed E-state index contributed by atoms with van der Waals surface area (Å²) in [5, 5.41) is 10.7. The molecule has 0 bridgehead atoms. The minimum Gasteiger partial charge on any atom is -0.371 e. The van der Waals surface area contributed by atoms with Crippen LogP contribution in [0, 0.1) is 12.7 Å². The monoisotopic (exact) mass is 483 g/mol. The highest BCUT2D eigenvalue weighted by molar-refractivity contribution is 5.98. The van der Waals surface area contributed by atoms with Crippen LogP contribution >= 0.6 is 0 Å². The van der Waals surface area contributed by atoms with Gasteiger partial charge in [0.15, 0.2) is 5.82 Å². The van der Waals surface area contributed by atoms with Crippen molar-refractivity contribution < 1.29 is 30.7 Å². The fourth-order valence-electron chi connectivity index (χ4n) is 4.47. The topological polar surface area (TPSA) is 58.5 Å². The van der Waals surface area contributed by atoms with Crippen molar-refractivity contribution >= 4 is 16.6 Å². The number of fused-ring (bicyclic) bond motifs is 4. The molecule has 0 fully saturated rings. The van der Waals surface area contributed by atoms with Gasteiger partial charge in [-0.1, -0.05) is 0 Å². The van der Waals surface area contributed by atoms with Gasteiger partial charge in [0.05, 0.1) is 28.0 Å². The van der Waals surface area contributed by atoms with Gasteiger partial charge in [-0.05, 0) is 50.6 Å². The highest BCUT2D eigenvalue weighted by Gasteiger charge is 2.45. The molecule has 0 radical (unpaired) electrons. The van der Waals surface area contributed by atoms with E-state index < -0.39 is 51.6 Å². The first-order valence-electron chi connectivity index (χ1n) is 10.0. The van der Waals surface area contributed by atoms with E-state index in [9.17, 15) is 26.3 Å². The second-order valence-corrected chi connectivity index (χ2v) is 8.62. The molecule has 12 heteroatoms. The summed E-state index contributed by atoms with van der Waals surface area (Å²) in [6.45, 7) is 4.73. The maximum absolute atomic E-state index is 15.5. The Hall–Kier alpha value is -3.57. The zero-order valence-electron chi connectivity index (χ0n) is 17.9. The van der Waals surface area contributed by atoms with Gasteiger partial charge in [-0.15, -0.1) is 10.2 Å². The van der Waals surface area contributed by atoms with Crippen LogP contribution in [-0.2, 0) is 17.9 Å². The van der Waals surface area contributed by atoms with Crippen molar-refractivity contribution in [2.75, 3.05) is 5.32 Å². The van der Waals surface area contributed by atoms with Crippen LogP contribution in [0.2, 0.25) is 0 Å². The molecule has 2 N–H and O–H groups in total. The third kappa shape index (κ3) is 3.15. The Labute approximate surface area is 187 Å². The van der Waals surface area contributed by atoms with Crippen molar-refractivity contribution in [2.45, 2.75) is 38.7 Å². The number of nitrogens with zero attached hydrogens (tertiary/aromatic N) is 3. The van der Waals surface area contributed by atoms with Gasteiger partial charge in [-0.25, -0.2) is 4.39 Å². The van der Waals surface area contributed by atoms with Gasteiger partial charge >= 0.3 is 12.4 Å². The first kappa shape index (κ1) is 22.2. The molecule has 4 aromatic rings. The number of hydrogen-bond acceptors (Lipinski definition) is 3. The fourth-order valence-corrected chi connectivity index (χ4v) is 4.47. The lowest BCUT2D eigenvalue weighted by Gasteiger charge is -2.36. The average Bonchev–Trinajstić information content (AvgIpc) is 3.32. The largest absolute Gasteiger partial charge is 0.419 e. The lowest BCUT2D eigenvalue weighted by molar-refractivity contribution is -0.137. The number of anilines is 1. The Morgan fingerprint density at radius 1 is 0.971 bits per heavy atom. The summed E-state index contributed by atoms with van der Waals surface area (Å²) in [5.41, 5.74) is -5.85. The highest BCUT2D eigenvalue weighted by Crippen LogP contribution is 2.50. The number of alkyl halides is 6. The number of aryl methyl sites for hydroxylation is 1. The fraction of sp³-hybridized carbons (Fsp3) is 0.273. The lowest BCUT2D eigenvalue weighted by Crippen LogP contribution is -2.37. The molecule has 0 aliphatic carbocycles. The molecule has 0 saturated heterocycles. The number of aromatic amines is 1. The second kappa shape index (κ2) is 6.73. The van der Waals surface area contributed by atoms with Crippen LogP contribution in [-0.4, -0.2) is 19.7 Å². The predicted molar refractivity (Wildman–Crippen MR) is 110 cm³/mol. The summed E-state index contributed by atoms with van der Waals surface area (Å²) >= 11 is 0. The molecule has 3 heterocycles. The molecule has 1 aliphatic heterocycles. The van der Waals surface area contributed by atoms with Gasteiger partial charge in [0.25, 0.3) is 0 Å². The van der Waals surface area contributed by atoms with Crippen LogP contribution in [0.5, 0.6) is 0 Å². The minimum atomic E-state index is -5.13. The SMILES string of the molecule is Cc1nnc2n1-c1c(cc(F)c(-c3cc(C(F)(F)F)cc4[nH]ccc34)c1C(F)(F)F)NC2(C)C. The molecular weight excluding hydrogens is 467 g/mol. The lowest BCUT2D eigenvalue weighted by atomic mass is 9.90. The average molecular weight is 483 g/mol. The molecule has 0 unspecified atom stereocenters. The van der Waals surface area contributed by atoms with Gasteiger partial charge in [0.2, 0.25) is 0 Å². The van der Waals surface area contributed by atoms with Crippen molar-refractivity contribution in [3.05, 3.63) is 59.1 Å². The summed E-state index contributed by atoms with van der Waals surface area (Å²) in [6, 6.07) is 3.48. The quantitative estimate of drug-likeness (QED) is 0.302. The van der Waals surface area contributed by atoms with Crippen LogP contribution in [0.1, 0.15) is 36.6 Å². The molecule has 0 amide bonds. The van der Waals surface area contributed by atoms with Crippen LogP contribution in [0.4, 0.5) is 36.4 Å². The number of H-pyrrole nitrogens is 1. The number of benzene rings is 2. The van der Waals surface area contributed by atoms with Gasteiger partial charge in [-0.3, -0.25) is 4.57 Å². The van der Waals surface area contributed by atoms with Gasteiger partial charge in [0, 0.05) is 22.7 Å². The first-order valence-corrected chi connectivity index (χ1v) is 10.0. The van der Waals surface area contributed by atoms with E-state index in [1.54, 1.807) is 13.8 Å². The number of nitrogens with one attached hydrogen (secondary N) is 2. The van der Waals surface area contributed by atoms with Crippen LogP contribution in [0.15, 0.2) is 30.5 Å². The molecule has 5 nitrogen and oxygen atoms in total. The molecule has 178 valence electrons. The minimum absolute atomic E-state index is 0.0159. The molecular formula is C22H16F7N5. The maximum atomic E-state index is 15.5. The zero-order valence-corrected chi connectivity index (χ0v) is 17.9. The summed E-state index contributed by atoms with van der Waals surface area (Å²) in [5.74, 6) is -1.05. The molecule has 0 atom stereocenters. The Bertz CT molecular complexity index is 1460. The van der Waals surface area contributed by atoms with Crippen molar-refractivity contribution in [1.82, 2.24) is 19.7 Å². The van der Waals surface area contributed by atoms with Crippen LogP contribution in [0.3, 0.4) is 0 Å². The third-order valence-electron chi connectivity index (χ3n) is 5.86. The summed E-state index contributed by atoms with van der Waals surface area (Å²) in [4.78, 5) is 2.57. The standard InChI is InChI=1S/C22H16F7N5/c1-9-32-33-19-20(2,3)31-15-8-13(23)16(17(22(27,28)29)18(15)34(9)19)12-6-10(21(24,25)26)7-14-11(12)4-5-30-14/h4-8,30-31H,1-3H3. The van der Waals surface area contributed by atoms with Crippen LogP contribution < -0.4 is 5.32 Å². The van der Waals surface area contributed by atoms with Crippen molar-refractivity contribution in [1.29, 1.82) is 0 Å². The molecule has 2 aromatic carbocycles. The van der Waals surface area contributed by atoms with E-state index >= 15 is 4.39 Å². The first-order chi connectivity index (χ1) is 15.7. The van der Waals surface area contributed by atoms with Crippen molar-refractivity contribution in [2.24, 2.45) is 0 Å². The Morgan fingerprint density at radius 2 is 1.68 bits per heavy atom. The zero-order chi connectivity index (χ0) is 24.8. The van der Waals surface area contributed by atoms with E-state index in [1.807, 2.05) is 0 Å². The summed E-state index contributed by atoms with van der Waals surface area (Å²) in [6.07, 6.45) is -8.71. The normalized spacial score (nSPS) is 15.2. The van der Waals surface area contributed by atoms with E-state index in [0.717, 1.165) is 12.1 Å². The molecule has 0 spiro atoms. The number of halogens is 7. The molecule has 34 heavy (non-hydrogen) atoms. The Kier molecular flexibility index (Phi) is 4.40. The van der Waals surface area contributed by atoms with E-state index in [4.69, 9.17) is 0 Å². The smallest absolute Gasteiger partial charge is 0.371 e. The number of rotatable bonds is 1. The van der Waals surface area contributed by atoms with Crippen molar-refractivity contribution in [3.8, 4) is 16.8 Å². The van der Waals surface area contributed by atoms with Gasteiger partial charge < -0.3 is 10.3 Å². The highest BCUT2D eigenvalue weighted by atomic mass is 19.4. The van der Waals surface area contributed by atoms with Gasteiger partial charge in [-0.2, -0.15) is 26.3 Å². The summed E-state index contributed by atoms with van der Waals surface area (Å²) in [7, 11) is 0. The van der Waals surface area contributed by atoms with E-state index in [1.165, 1.54) is 23.8 Å². The van der Waals surface area contributed by atoms with Crippen molar-refractivity contribution in [3.63, 3.8) is 0 Å².